The van der Waals surface area contributed by atoms with Crippen LogP contribution in [0.1, 0.15) is 43.2 Å². The average Bonchev–Trinajstić information content (AvgIpc) is 2.84. The third kappa shape index (κ3) is 6.20. The highest BCUT2D eigenvalue weighted by Crippen LogP contribution is 2.33. The number of ether oxygens (including phenoxy) is 1. The van der Waals surface area contributed by atoms with Crippen LogP contribution < -0.4 is 10.1 Å². The summed E-state index contributed by atoms with van der Waals surface area (Å²) in [5, 5.41) is 4.41. The molecule has 3 aromatic rings. The fourth-order valence-corrected chi connectivity index (χ4v) is 3.96. The van der Waals surface area contributed by atoms with Gasteiger partial charge in [0.05, 0.1) is 5.02 Å². The molecule has 7 heteroatoms. The molecule has 1 N–H and O–H groups in total. The number of amides is 1. The lowest BCUT2D eigenvalue weighted by atomic mass is 10.0. The molecule has 0 aliphatic heterocycles. The Bertz CT molecular complexity index is 1250. The number of aryl methyl sites for hydroxylation is 1. The minimum Gasteiger partial charge on any atom is -0.487 e. The number of carbonyl (C=O) groups excluding carboxylic acids is 1. The molecule has 0 aliphatic rings. The van der Waals surface area contributed by atoms with Gasteiger partial charge in [-0.2, -0.15) is 0 Å². The topological polar surface area (TPSA) is 67.4 Å². The van der Waals surface area contributed by atoms with E-state index in [1.54, 1.807) is 18.5 Å². The predicted octanol–water partition coefficient (Wildman–Crippen LogP) is 5.79. The number of carbonyl (C=O) groups is 1. The second kappa shape index (κ2) is 11.8. The van der Waals surface area contributed by atoms with Crippen molar-refractivity contribution < 1.29 is 9.53 Å². The van der Waals surface area contributed by atoms with Gasteiger partial charge in [0.1, 0.15) is 17.9 Å². The summed E-state index contributed by atoms with van der Waals surface area (Å²) in [6, 6.07) is 8.06. The Morgan fingerprint density at radius 3 is 2.71 bits per heavy atom. The molecule has 0 atom stereocenters. The molecule has 0 saturated heterocycles. The molecule has 1 aromatic carbocycles. The highest BCUT2D eigenvalue weighted by molar-refractivity contribution is 6.31. The fourth-order valence-electron chi connectivity index (χ4n) is 3.73. The fraction of sp³-hybridized carbons (Fsp3) is 0.321. The lowest BCUT2D eigenvalue weighted by Crippen LogP contribution is -2.27. The Balaban J connectivity index is 2.00. The van der Waals surface area contributed by atoms with Gasteiger partial charge in [-0.1, -0.05) is 57.2 Å². The molecule has 0 bridgehead atoms. The molecule has 35 heavy (non-hydrogen) atoms. The number of benzene rings is 1. The number of rotatable bonds is 10. The number of halogens is 1. The molecule has 2 aromatic heterocycles. The summed E-state index contributed by atoms with van der Waals surface area (Å²) in [5.41, 5.74) is 5.48. The van der Waals surface area contributed by atoms with Gasteiger partial charge in [-0.15, -0.1) is 0 Å². The Kier molecular flexibility index (Phi) is 8.88. The van der Waals surface area contributed by atoms with Gasteiger partial charge in [0.2, 0.25) is 5.91 Å². The summed E-state index contributed by atoms with van der Waals surface area (Å²) in [6.45, 7) is 10.2. The normalized spacial score (nSPS) is 11.6. The molecule has 184 valence electrons. The first-order valence-corrected chi connectivity index (χ1v) is 12.1. The number of hydrogen-bond acceptors (Lipinski definition) is 5. The van der Waals surface area contributed by atoms with E-state index in [-0.39, 0.29) is 18.4 Å². The van der Waals surface area contributed by atoms with E-state index in [0.717, 1.165) is 45.4 Å². The van der Waals surface area contributed by atoms with E-state index in [2.05, 4.69) is 40.8 Å². The lowest BCUT2D eigenvalue weighted by Gasteiger charge is -2.20. The van der Waals surface area contributed by atoms with Crippen molar-refractivity contribution in [3.8, 4) is 5.75 Å². The van der Waals surface area contributed by atoms with E-state index in [4.69, 9.17) is 21.3 Å². The molecule has 0 aliphatic carbocycles. The minimum atomic E-state index is -0.104. The summed E-state index contributed by atoms with van der Waals surface area (Å²) < 4.78 is 6.30. The number of hydrogen-bond donors (Lipinski definition) is 1. The van der Waals surface area contributed by atoms with E-state index < -0.39 is 0 Å². The van der Waals surface area contributed by atoms with E-state index in [9.17, 15) is 4.79 Å². The Hall–Kier alpha value is -3.38. The molecule has 0 saturated carbocycles. The summed E-state index contributed by atoms with van der Waals surface area (Å²) in [5.74, 6) is 0.535. The molecule has 6 nitrogen and oxygen atoms in total. The highest BCUT2D eigenvalue weighted by Gasteiger charge is 2.16. The first-order valence-electron chi connectivity index (χ1n) is 11.7. The van der Waals surface area contributed by atoms with Gasteiger partial charge in [0, 0.05) is 66.9 Å². The van der Waals surface area contributed by atoms with Crippen molar-refractivity contribution in [2.75, 3.05) is 14.1 Å². The van der Waals surface area contributed by atoms with Gasteiger partial charge in [-0.25, -0.2) is 4.98 Å². The second-order valence-electron chi connectivity index (χ2n) is 8.77. The smallest absolute Gasteiger partial charge is 0.222 e. The van der Waals surface area contributed by atoms with Crippen LogP contribution in [0.15, 0.2) is 55.4 Å². The van der Waals surface area contributed by atoms with Crippen LogP contribution in [-0.4, -0.2) is 34.9 Å². The molecule has 0 radical (unpaired) electrons. The van der Waals surface area contributed by atoms with Gasteiger partial charge in [0.25, 0.3) is 0 Å². The van der Waals surface area contributed by atoms with Crippen molar-refractivity contribution >= 4 is 34.1 Å². The number of para-hydroxylation sites is 1. The molecule has 0 spiro atoms. The zero-order chi connectivity index (χ0) is 25.5. The number of nitrogens with zero attached hydrogens (tertiary/aromatic N) is 3. The maximum atomic E-state index is 12.1. The van der Waals surface area contributed by atoms with E-state index >= 15 is 0 Å². The molecular weight excluding hydrogens is 460 g/mol. The Morgan fingerprint density at radius 1 is 1.29 bits per heavy atom. The van der Waals surface area contributed by atoms with E-state index in [1.165, 1.54) is 0 Å². The Labute approximate surface area is 212 Å². The summed E-state index contributed by atoms with van der Waals surface area (Å²) in [6.07, 6.45) is 7.88. The molecule has 0 fully saturated rings. The maximum Gasteiger partial charge on any atom is 0.222 e. The SMILES string of the molecule is C=C/C=C(/c1cc(CC)nc2c(OCc3c(Cl)cncc3CNC(=O)C(C)C)cccc12)N(C)C. The van der Waals surface area contributed by atoms with Crippen molar-refractivity contribution in [1.82, 2.24) is 20.2 Å². The summed E-state index contributed by atoms with van der Waals surface area (Å²) >= 11 is 6.48. The first kappa shape index (κ1) is 26.2. The van der Waals surface area contributed by atoms with E-state index in [0.29, 0.717) is 17.3 Å². The molecule has 2 heterocycles. The quantitative estimate of drug-likeness (QED) is 0.363. The third-order valence-electron chi connectivity index (χ3n) is 5.69. The van der Waals surface area contributed by atoms with Crippen LogP contribution >= 0.6 is 11.6 Å². The van der Waals surface area contributed by atoms with Crippen LogP contribution in [0.2, 0.25) is 5.02 Å². The van der Waals surface area contributed by atoms with Crippen molar-refractivity contribution in [2.24, 2.45) is 5.92 Å². The van der Waals surface area contributed by atoms with Gasteiger partial charge >= 0.3 is 0 Å². The molecule has 1 amide bonds. The van der Waals surface area contributed by atoms with Crippen LogP contribution in [0.5, 0.6) is 5.75 Å². The number of nitrogens with one attached hydrogen (secondary N) is 1. The van der Waals surface area contributed by atoms with Crippen LogP contribution in [0.3, 0.4) is 0 Å². The lowest BCUT2D eigenvalue weighted by molar-refractivity contribution is -0.124. The standard InChI is InChI=1S/C28H33ClN4O2/c1-7-10-25(33(5)6)22-13-20(8-2)32-27-21(22)11-9-12-26(27)35-17-23-19(14-30-16-24(23)29)15-31-28(34)18(3)4/h7,9-14,16,18H,1,8,15,17H2,2-6H3,(H,31,34)/b25-10-. The predicted molar refractivity (Wildman–Crippen MR) is 143 cm³/mol. The van der Waals surface area contributed by atoms with Crippen LogP contribution in [-0.2, 0) is 24.4 Å². The van der Waals surface area contributed by atoms with Crippen molar-refractivity contribution in [2.45, 2.75) is 40.3 Å². The molecule has 0 unspecified atom stereocenters. The van der Waals surface area contributed by atoms with Crippen molar-refractivity contribution in [3.05, 3.63) is 82.8 Å². The van der Waals surface area contributed by atoms with Gasteiger partial charge < -0.3 is 15.0 Å². The molecular formula is C28H33ClN4O2. The summed E-state index contributed by atoms with van der Waals surface area (Å²) in [7, 11) is 4.02. The van der Waals surface area contributed by atoms with E-state index in [1.807, 2.05) is 46.2 Å². The Morgan fingerprint density at radius 2 is 2.06 bits per heavy atom. The van der Waals surface area contributed by atoms with Crippen LogP contribution in [0, 0.1) is 5.92 Å². The number of fused-ring (bicyclic) bond motifs is 1. The van der Waals surface area contributed by atoms with Gasteiger partial charge in [-0.3, -0.25) is 9.78 Å². The van der Waals surface area contributed by atoms with Crippen molar-refractivity contribution in [1.29, 1.82) is 0 Å². The van der Waals surface area contributed by atoms with Crippen molar-refractivity contribution in [3.63, 3.8) is 0 Å². The zero-order valence-corrected chi connectivity index (χ0v) is 21.8. The van der Waals surface area contributed by atoms with Gasteiger partial charge in [0.15, 0.2) is 0 Å². The third-order valence-corrected chi connectivity index (χ3v) is 6.02. The number of allylic oxidation sites excluding steroid dienone is 2. The van der Waals surface area contributed by atoms with Gasteiger partial charge in [-0.05, 0) is 30.2 Å². The monoisotopic (exact) mass is 492 g/mol. The van der Waals surface area contributed by atoms with Crippen LogP contribution in [0.25, 0.3) is 16.6 Å². The molecule has 3 rings (SSSR count). The largest absolute Gasteiger partial charge is 0.487 e. The second-order valence-corrected chi connectivity index (χ2v) is 9.18. The van der Waals surface area contributed by atoms with Crippen LogP contribution in [0.4, 0.5) is 0 Å². The highest BCUT2D eigenvalue weighted by atomic mass is 35.5. The maximum absolute atomic E-state index is 12.1. The summed E-state index contributed by atoms with van der Waals surface area (Å²) in [4.78, 5) is 23.2. The average molecular weight is 493 g/mol. The number of aromatic nitrogens is 2. The number of pyridine rings is 2. The first-order chi connectivity index (χ1) is 16.8. The minimum absolute atomic E-state index is 0.0287. The zero-order valence-electron chi connectivity index (χ0n) is 21.1.